The Bertz CT molecular complexity index is 3580. The number of hydrogen-bond donors (Lipinski definition) is 0. The fourth-order valence-corrected chi connectivity index (χ4v) is 9.11. The lowest BCUT2D eigenvalue weighted by molar-refractivity contribution is 0.669. The molecule has 3 nitrogen and oxygen atoms in total. The predicted molar refractivity (Wildman–Crippen MR) is 247 cm³/mol. The average molecular weight is 754 g/mol. The summed E-state index contributed by atoms with van der Waals surface area (Å²) in [6, 6.07) is 75.9. The van der Waals surface area contributed by atoms with Gasteiger partial charge >= 0.3 is 0 Å². The number of nitrogens with zero attached hydrogens (tertiary/aromatic N) is 1. The fourth-order valence-electron chi connectivity index (χ4n) is 9.11. The molecule has 3 heteroatoms. The third-order valence-electron chi connectivity index (χ3n) is 11.8. The van der Waals surface area contributed by atoms with Crippen LogP contribution in [0.2, 0.25) is 0 Å². The molecule has 12 aromatic rings. The van der Waals surface area contributed by atoms with E-state index in [1.54, 1.807) is 0 Å². The minimum absolute atomic E-state index is 0.861. The molecule has 12 rings (SSSR count). The molecule has 2 heterocycles. The zero-order valence-corrected chi connectivity index (χ0v) is 32.0. The van der Waals surface area contributed by atoms with E-state index in [9.17, 15) is 0 Å². The van der Waals surface area contributed by atoms with Crippen LogP contribution < -0.4 is 4.90 Å². The Hall–Kier alpha value is -7.88. The van der Waals surface area contributed by atoms with Crippen molar-refractivity contribution in [3.63, 3.8) is 0 Å². The first-order chi connectivity index (χ1) is 29.2. The lowest BCUT2D eigenvalue weighted by atomic mass is 9.91. The molecule has 2 aromatic heterocycles. The van der Waals surface area contributed by atoms with Gasteiger partial charge in [-0.25, -0.2) is 0 Å². The quantitative estimate of drug-likeness (QED) is 0.158. The van der Waals surface area contributed by atoms with Crippen LogP contribution in [-0.4, -0.2) is 0 Å². The summed E-state index contributed by atoms with van der Waals surface area (Å²) in [6.45, 7) is 0. The molecular formula is C56H35NO2. The molecule has 0 N–H and O–H groups in total. The molecule has 0 aliphatic carbocycles. The Balaban J connectivity index is 1.14. The van der Waals surface area contributed by atoms with Gasteiger partial charge in [0.05, 0.1) is 5.69 Å². The minimum atomic E-state index is 0.861. The number of furan rings is 2. The third-order valence-corrected chi connectivity index (χ3v) is 11.8. The molecule has 0 unspecified atom stereocenters. The number of para-hydroxylation sites is 3. The SMILES string of the molecule is c1ccc(-c2ccc(-c3cc4ccccc4c4ccccc34)cc2N(c2cccc(-c3cccc4c3oc3ccccc34)c2)c2ccc3oc4ccccc4c3c2)cc1. The summed E-state index contributed by atoms with van der Waals surface area (Å²) in [5, 5.41) is 9.34. The standard InChI is InChI=1S/C56H35NO2/c1-2-14-36(15-3-1)43-30-28-39(50-33-38-16-4-5-19-42(38)45-20-6-7-21-46(45)50)34-52(43)57(41-29-31-55-51(35-41)48-23-9-10-26-53(48)58-55)40-18-12-17-37(32-40)44-24-13-25-49-47-22-8-11-27-54(47)59-56(44)49/h1-35H. The van der Waals surface area contributed by atoms with Gasteiger partial charge in [-0.15, -0.1) is 0 Å². The predicted octanol–water partition coefficient (Wildman–Crippen LogP) is 16.3. The summed E-state index contributed by atoms with van der Waals surface area (Å²) < 4.78 is 12.9. The second-order valence-corrected chi connectivity index (χ2v) is 15.2. The number of benzene rings is 10. The molecule has 0 radical (unpaired) electrons. The Labute approximate surface area is 340 Å². The molecule has 0 atom stereocenters. The topological polar surface area (TPSA) is 29.5 Å². The van der Waals surface area contributed by atoms with E-state index in [0.29, 0.717) is 0 Å². The van der Waals surface area contributed by atoms with Crippen molar-refractivity contribution in [3.05, 3.63) is 212 Å². The van der Waals surface area contributed by atoms with Crippen LogP contribution >= 0.6 is 0 Å². The van der Waals surface area contributed by atoms with Crippen molar-refractivity contribution in [2.45, 2.75) is 0 Å². The van der Waals surface area contributed by atoms with Crippen molar-refractivity contribution in [1.29, 1.82) is 0 Å². The summed E-state index contributed by atoms with van der Waals surface area (Å²) in [7, 11) is 0. The van der Waals surface area contributed by atoms with E-state index in [4.69, 9.17) is 8.83 Å². The lowest BCUT2D eigenvalue weighted by Crippen LogP contribution is -2.11. The Morgan fingerprint density at radius 1 is 0.288 bits per heavy atom. The van der Waals surface area contributed by atoms with E-state index in [1.165, 1.54) is 27.1 Å². The van der Waals surface area contributed by atoms with E-state index in [-0.39, 0.29) is 0 Å². The maximum Gasteiger partial charge on any atom is 0.143 e. The van der Waals surface area contributed by atoms with Gasteiger partial charge in [0.2, 0.25) is 0 Å². The highest BCUT2D eigenvalue weighted by atomic mass is 16.3. The number of rotatable bonds is 6. The van der Waals surface area contributed by atoms with Gasteiger partial charge in [0.25, 0.3) is 0 Å². The van der Waals surface area contributed by atoms with Gasteiger partial charge in [0.1, 0.15) is 22.3 Å². The molecule has 0 saturated carbocycles. The highest BCUT2D eigenvalue weighted by molar-refractivity contribution is 6.14. The van der Waals surface area contributed by atoms with Gasteiger partial charge in [0, 0.05) is 44.0 Å². The second kappa shape index (κ2) is 13.4. The van der Waals surface area contributed by atoms with Crippen LogP contribution in [0.1, 0.15) is 0 Å². The Morgan fingerprint density at radius 3 is 1.75 bits per heavy atom. The van der Waals surface area contributed by atoms with Gasteiger partial charge in [0.15, 0.2) is 0 Å². The smallest absolute Gasteiger partial charge is 0.143 e. The maximum atomic E-state index is 6.57. The summed E-state index contributed by atoms with van der Waals surface area (Å²) in [4.78, 5) is 2.42. The van der Waals surface area contributed by atoms with Gasteiger partial charge in [-0.2, -0.15) is 0 Å². The zero-order chi connectivity index (χ0) is 38.9. The first-order valence-corrected chi connectivity index (χ1v) is 20.1. The van der Waals surface area contributed by atoms with Crippen molar-refractivity contribution < 1.29 is 8.83 Å². The Morgan fingerprint density at radius 2 is 0.898 bits per heavy atom. The van der Waals surface area contributed by atoms with Crippen LogP contribution in [0.5, 0.6) is 0 Å². The Kier molecular flexibility index (Phi) is 7.54. The molecule has 0 spiro atoms. The number of anilines is 3. The number of fused-ring (bicyclic) bond motifs is 9. The molecule has 0 fully saturated rings. The van der Waals surface area contributed by atoms with Crippen LogP contribution in [-0.2, 0) is 0 Å². The average Bonchev–Trinajstić information content (AvgIpc) is 3.88. The third kappa shape index (κ3) is 5.44. The molecule has 0 aliphatic rings. The minimum Gasteiger partial charge on any atom is -0.456 e. The van der Waals surface area contributed by atoms with Crippen LogP contribution in [0.15, 0.2) is 221 Å². The van der Waals surface area contributed by atoms with E-state index in [0.717, 1.165) is 88.8 Å². The zero-order valence-electron chi connectivity index (χ0n) is 32.0. The van der Waals surface area contributed by atoms with E-state index in [1.807, 2.05) is 24.3 Å². The van der Waals surface area contributed by atoms with E-state index in [2.05, 4.69) is 193 Å². The van der Waals surface area contributed by atoms with Crippen LogP contribution in [0.4, 0.5) is 17.1 Å². The maximum absolute atomic E-state index is 6.57. The monoisotopic (exact) mass is 753 g/mol. The summed E-state index contributed by atoms with van der Waals surface area (Å²) >= 11 is 0. The van der Waals surface area contributed by atoms with Crippen LogP contribution in [0.25, 0.3) is 98.8 Å². The van der Waals surface area contributed by atoms with Crippen molar-refractivity contribution in [3.8, 4) is 33.4 Å². The van der Waals surface area contributed by atoms with Crippen molar-refractivity contribution in [2.75, 3.05) is 4.90 Å². The summed E-state index contributed by atoms with van der Waals surface area (Å²) in [5.41, 5.74) is 13.4. The first kappa shape index (κ1) is 33.3. The van der Waals surface area contributed by atoms with Crippen molar-refractivity contribution in [2.24, 2.45) is 0 Å². The lowest BCUT2D eigenvalue weighted by Gasteiger charge is -2.29. The van der Waals surface area contributed by atoms with E-state index >= 15 is 0 Å². The normalized spacial score (nSPS) is 11.7. The molecule has 10 aromatic carbocycles. The number of hydrogen-bond acceptors (Lipinski definition) is 3. The summed E-state index contributed by atoms with van der Waals surface area (Å²) in [5.74, 6) is 0. The summed E-state index contributed by atoms with van der Waals surface area (Å²) in [6.07, 6.45) is 0. The van der Waals surface area contributed by atoms with Gasteiger partial charge in [-0.3, -0.25) is 0 Å². The second-order valence-electron chi connectivity index (χ2n) is 15.2. The van der Waals surface area contributed by atoms with Crippen LogP contribution in [0.3, 0.4) is 0 Å². The highest BCUT2D eigenvalue weighted by Gasteiger charge is 2.22. The largest absolute Gasteiger partial charge is 0.456 e. The fraction of sp³-hybridized carbons (Fsp3) is 0. The molecule has 0 amide bonds. The molecule has 0 aliphatic heterocycles. The van der Waals surface area contributed by atoms with Gasteiger partial charge in [-0.1, -0.05) is 158 Å². The van der Waals surface area contributed by atoms with Gasteiger partial charge in [-0.05, 0) is 98.4 Å². The van der Waals surface area contributed by atoms with Crippen molar-refractivity contribution in [1.82, 2.24) is 0 Å². The van der Waals surface area contributed by atoms with Crippen LogP contribution in [0, 0.1) is 0 Å². The molecule has 0 saturated heterocycles. The molecule has 59 heavy (non-hydrogen) atoms. The molecule has 0 bridgehead atoms. The highest BCUT2D eigenvalue weighted by Crippen LogP contribution is 2.47. The van der Waals surface area contributed by atoms with E-state index < -0.39 is 0 Å². The first-order valence-electron chi connectivity index (χ1n) is 20.1. The molecular weight excluding hydrogens is 719 g/mol. The molecule has 276 valence electrons. The van der Waals surface area contributed by atoms with Gasteiger partial charge < -0.3 is 13.7 Å². The van der Waals surface area contributed by atoms with Crippen molar-refractivity contribution >= 4 is 82.5 Å².